The van der Waals surface area contributed by atoms with E-state index in [4.69, 9.17) is 10.5 Å². The number of hydrogen-bond acceptors (Lipinski definition) is 2. The molecule has 2 nitrogen and oxygen atoms in total. The topological polar surface area (TPSA) is 35.2 Å². The molecule has 0 aliphatic carbocycles. The fraction of sp³-hybridized carbons (Fsp3) is 0.417. The van der Waals surface area contributed by atoms with Crippen molar-refractivity contribution in [1.29, 1.82) is 0 Å². The van der Waals surface area contributed by atoms with E-state index < -0.39 is 0 Å². The van der Waals surface area contributed by atoms with Gasteiger partial charge in [0.2, 0.25) is 0 Å². The number of ether oxygens (including phenoxy) is 1. The third kappa shape index (κ3) is 3.84. The molecule has 1 rings (SSSR count). The largest absolute Gasteiger partial charge is 0.494 e. The van der Waals surface area contributed by atoms with Gasteiger partial charge in [-0.1, -0.05) is 28.9 Å². The van der Waals surface area contributed by atoms with Crippen LogP contribution < -0.4 is 10.5 Å². The van der Waals surface area contributed by atoms with Gasteiger partial charge < -0.3 is 10.5 Å². The fourth-order valence-electron chi connectivity index (χ4n) is 1.37. The molecule has 2 N–H and O–H groups in total. The highest BCUT2D eigenvalue weighted by Gasteiger charge is 2.01. The molecule has 3 heteroatoms. The molecule has 0 heterocycles. The summed E-state index contributed by atoms with van der Waals surface area (Å²) in [6, 6.07) is 6.05. The first-order chi connectivity index (χ1) is 7.31. The number of alkyl halides is 1. The molecule has 1 aromatic rings. The summed E-state index contributed by atoms with van der Waals surface area (Å²) in [6.07, 6.45) is 3.07. The van der Waals surface area contributed by atoms with Crippen molar-refractivity contribution < 1.29 is 4.74 Å². The first-order valence-corrected chi connectivity index (χ1v) is 6.25. The standard InChI is InChI=1S/C12H17BrNO/c1-2-10-4-5-12(8-11(10)9-14)15-7-3-6-13/h2,4-5,8H,3,6-7,9,14H2,1H3. The van der Waals surface area contributed by atoms with Crippen molar-refractivity contribution in [3.8, 4) is 5.75 Å². The molecular weight excluding hydrogens is 254 g/mol. The average molecular weight is 271 g/mol. The molecule has 0 unspecified atom stereocenters. The van der Waals surface area contributed by atoms with E-state index in [0.717, 1.165) is 29.7 Å². The van der Waals surface area contributed by atoms with Crippen LogP contribution in [0, 0.1) is 6.42 Å². The van der Waals surface area contributed by atoms with E-state index in [0.29, 0.717) is 6.54 Å². The van der Waals surface area contributed by atoms with Gasteiger partial charge in [-0.05, 0) is 36.1 Å². The number of halogens is 1. The molecule has 1 radical (unpaired) electrons. The van der Waals surface area contributed by atoms with E-state index in [-0.39, 0.29) is 0 Å². The minimum absolute atomic E-state index is 0.551. The highest BCUT2D eigenvalue weighted by molar-refractivity contribution is 9.09. The van der Waals surface area contributed by atoms with Crippen LogP contribution >= 0.6 is 15.9 Å². The quantitative estimate of drug-likeness (QED) is 0.637. The van der Waals surface area contributed by atoms with Gasteiger partial charge >= 0.3 is 0 Å². The zero-order valence-corrected chi connectivity index (χ0v) is 10.6. The van der Waals surface area contributed by atoms with Gasteiger partial charge in [0, 0.05) is 11.9 Å². The molecular formula is C12H17BrNO. The SMILES string of the molecule is C[CH]c1ccc(OCCCBr)cc1CN. The second-order valence-electron chi connectivity index (χ2n) is 3.24. The minimum atomic E-state index is 0.551. The Labute approximate surface area is 99.9 Å². The molecule has 0 saturated heterocycles. The molecule has 0 bridgehead atoms. The fourth-order valence-corrected chi connectivity index (χ4v) is 1.60. The summed E-state index contributed by atoms with van der Waals surface area (Å²) in [4.78, 5) is 0. The van der Waals surface area contributed by atoms with E-state index in [2.05, 4.69) is 22.4 Å². The molecule has 0 fully saturated rings. The van der Waals surface area contributed by atoms with E-state index in [1.165, 1.54) is 5.56 Å². The highest BCUT2D eigenvalue weighted by atomic mass is 79.9. The Bertz CT molecular complexity index is 302. The molecule has 83 valence electrons. The van der Waals surface area contributed by atoms with Gasteiger partial charge in [-0.3, -0.25) is 0 Å². The lowest BCUT2D eigenvalue weighted by Crippen LogP contribution is -2.03. The third-order valence-electron chi connectivity index (χ3n) is 2.19. The van der Waals surface area contributed by atoms with Crippen molar-refractivity contribution in [2.45, 2.75) is 19.9 Å². The Kier molecular flexibility index (Phi) is 5.73. The van der Waals surface area contributed by atoms with Crippen LogP contribution in [0.5, 0.6) is 5.75 Å². The van der Waals surface area contributed by atoms with Crippen LogP contribution in [-0.4, -0.2) is 11.9 Å². The van der Waals surface area contributed by atoms with Crippen molar-refractivity contribution in [1.82, 2.24) is 0 Å². The first-order valence-electron chi connectivity index (χ1n) is 5.13. The second kappa shape index (κ2) is 6.85. The molecule has 1 aromatic carbocycles. The van der Waals surface area contributed by atoms with Crippen LogP contribution in [-0.2, 0) is 6.54 Å². The van der Waals surface area contributed by atoms with Crippen molar-refractivity contribution in [2.75, 3.05) is 11.9 Å². The molecule has 0 spiro atoms. The van der Waals surface area contributed by atoms with Gasteiger partial charge in [-0.25, -0.2) is 0 Å². The highest BCUT2D eigenvalue weighted by Crippen LogP contribution is 2.19. The summed E-state index contributed by atoms with van der Waals surface area (Å²) in [5.41, 5.74) is 7.99. The summed E-state index contributed by atoms with van der Waals surface area (Å²) in [7, 11) is 0. The van der Waals surface area contributed by atoms with E-state index in [1.807, 2.05) is 25.1 Å². The molecule has 0 aromatic heterocycles. The summed E-state index contributed by atoms with van der Waals surface area (Å²) in [5, 5.41) is 0.970. The Balaban J connectivity index is 2.66. The summed E-state index contributed by atoms with van der Waals surface area (Å²) < 4.78 is 5.59. The lowest BCUT2D eigenvalue weighted by molar-refractivity contribution is 0.318. The maximum absolute atomic E-state index is 5.67. The van der Waals surface area contributed by atoms with Crippen molar-refractivity contribution in [3.05, 3.63) is 35.7 Å². The lowest BCUT2D eigenvalue weighted by atomic mass is 10.1. The summed E-state index contributed by atoms with van der Waals surface area (Å²) in [5.74, 6) is 0.905. The van der Waals surface area contributed by atoms with Crippen LogP contribution in [0.2, 0.25) is 0 Å². The zero-order valence-electron chi connectivity index (χ0n) is 9.00. The zero-order chi connectivity index (χ0) is 11.1. The second-order valence-corrected chi connectivity index (χ2v) is 4.04. The van der Waals surface area contributed by atoms with Crippen LogP contribution in [0.4, 0.5) is 0 Å². The molecule has 0 saturated carbocycles. The van der Waals surface area contributed by atoms with E-state index in [9.17, 15) is 0 Å². The van der Waals surface area contributed by atoms with Gasteiger partial charge in [-0.15, -0.1) is 0 Å². The van der Waals surface area contributed by atoms with Gasteiger partial charge in [0.15, 0.2) is 0 Å². The van der Waals surface area contributed by atoms with Crippen LogP contribution in [0.15, 0.2) is 18.2 Å². The first kappa shape index (κ1) is 12.5. The van der Waals surface area contributed by atoms with Crippen molar-refractivity contribution in [3.63, 3.8) is 0 Å². The van der Waals surface area contributed by atoms with Crippen LogP contribution in [0.25, 0.3) is 0 Å². The normalized spacial score (nSPS) is 10.3. The molecule has 15 heavy (non-hydrogen) atoms. The monoisotopic (exact) mass is 270 g/mol. The van der Waals surface area contributed by atoms with E-state index >= 15 is 0 Å². The lowest BCUT2D eigenvalue weighted by Gasteiger charge is -2.09. The third-order valence-corrected chi connectivity index (χ3v) is 2.75. The maximum atomic E-state index is 5.67. The minimum Gasteiger partial charge on any atom is -0.494 e. The maximum Gasteiger partial charge on any atom is 0.119 e. The summed E-state index contributed by atoms with van der Waals surface area (Å²) >= 11 is 3.37. The van der Waals surface area contributed by atoms with Crippen molar-refractivity contribution in [2.24, 2.45) is 5.73 Å². The van der Waals surface area contributed by atoms with Gasteiger partial charge in [0.25, 0.3) is 0 Å². The smallest absolute Gasteiger partial charge is 0.119 e. The Morgan fingerprint density at radius 1 is 1.47 bits per heavy atom. The Morgan fingerprint density at radius 2 is 2.27 bits per heavy atom. The predicted octanol–water partition coefficient (Wildman–Crippen LogP) is 2.88. The van der Waals surface area contributed by atoms with Crippen LogP contribution in [0.1, 0.15) is 24.5 Å². The molecule has 0 aliphatic rings. The molecule has 0 atom stereocenters. The van der Waals surface area contributed by atoms with Gasteiger partial charge in [0.1, 0.15) is 5.75 Å². The number of rotatable bonds is 6. The molecule has 0 aliphatic heterocycles. The predicted molar refractivity (Wildman–Crippen MR) is 67.3 cm³/mol. The molecule has 0 amide bonds. The van der Waals surface area contributed by atoms with Gasteiger partial charge in [0.05, 0.1) is 6.61 Å². The number of benzene rings is 1. The number of hydrogen-bond donors (Lipinski definition) is 1. The number of nitrogens with two attached hydrogens (primary N) is 1. The summed E-state index contributed by atoms with van der Waals surface area (Å²) in [6.45, 7) is 3.31. The van der Waals surface area contributed by atoms with Gasteiger partial charge in [-0.2, -0.15) is 0 Å². The van der Waals surface area contributed by atoms with E-state index in [1.54, 1.807) is 0 Å². The Morgan fingerprint density at radius 3 is 2.87 bits per heavy atom. The average Bonchev–Trinajstić information content (AvgIpc) is 2.29. The van der Waals surface area contributed by atoms with Crippen LogP contribution in [0.3, 0.4) is 0 Å². The van der Waals surface area contributed by atoms with Crippen molar-refractivity contribution >= 4 is 15.9 Å². The Hall–Kier alpha value is -0.540.